The van der Waals surface area contributed by atoms with E-state index in [0.29, 0.717) is 17.6 Å². The maximum absolute atomic E-state index is 14.3. The van der Waals surface area contributed by atoms with Crippen molar-refractivity contribution < 1.29 is 18.7 Å². The molecule has 1 saturated heterocycles. The largest absolute Gasteiger partial charge is 0.501 e. The van der Waals surface area contributed by atoms with Gasteiger partial charge in [-0.2, -0.15) is 0 Å². The van der Waals surface area contributed by atoms with Gasteiger partial charge in [-0.15, -0.1) is 0 Å². The number of rotatable bonds is 4. The van der Waals surface area contributed by atoms with Crippen LogP contribution in [-0.2, 0) is 21.4 Å². The van der Waals surface area contributed by atoms with Crippen molar-refractivity contribution in [3.8, 4) is 0 Å². The van der Waals surface area contributed by atoms with E-state index in [0.717, 1.165) is 0 Å². The maximum atomic E-state index is 14.3. The fourth-order valence-electron chi connectivity index (χ4n) is 3.08. The zero-order valence-electron chi connectivity index (χ0n) is 13.9. The minimum Gasteiger partial charge on any atom is -0.501 e. The lowest BCUT2D eigenvalue weighted by molar-refractivity contribution is -0.135. The Morgan fingerprint density at radius 1 is 1.36 bits per heavy atom. The number of carbonyl (C=O) groups excluding carboxylic acids is 2. The summed E-state index contributed by atoms with van der Waals surface area (Å²) in [6.45, 7) is 2.24. The van der Waals surface area contributed by atoms with Gasteiger partial charge in [-0.25, -0.2) is 9.18 Å². The molecular weight excluding hydrogens is 329 g/mol. The average Bonchev–Trinajstić information content (AvgIpc) is 2.82. The van der Waals surface area contributed by atoms with E-state index < -0.39 is 23.5 Å². The monoisotopic (exact) mass is 347 g/mol. The number of aryl methyl sites for hydroxylation is 1. The molecule has 0 aliphatic carbocycles. The zero-order chi connectivity index (χ0) is 18.1. The van der Waals surface area contributed by atoms with Crippen LogP contribution in [0.4, 0.5) is 4.39 Å². The number of ether oxygens (including phenoxy) is 1. The molecule has 132 valence electrons. The van der Waals surface area contributed by atoms with Crippen LogP contribution in [0.1, 0.15) is 31.4 Å². The van der Waals surface area contributed by atoms with E-state index >= 15 is 0 Å². The third kappa shape index (κ3) is 2.84. The Labute approximate surface area is 142 Å². The van der Waals surface area contributed by atoms with Crippen molar-refractivity contribution in [2.75, 3.05) is 6.61 Å². The van der Waals surface area contributed by atoms with Crippen molar-refractivity contribution in [1.29, 1.82) is 0 Å². The number of imide groups is 1. The first-order chi connectivity index (χ1) is 12.0. The van der Waals surface area contributed by atoms with Crippen LogP contribution in [0.25, 0.3) is 17.1 Å². The Bertz CT molecular complexity index is 941. The molecule has 0 radical (unpaired) electrons. The first-order valence-electron chi connectivity index (χ1n) is 7.97. The maximum Gasteiger partial charge on any atom is 0.329 e. The van der Waals surface area contributed by atoms with Crippen LogP contribution in [0, 0.1) is 5.82 Å². The summed E-state index contributed by atoms with van der Waals surface area (Å²) in [5.41, 5.74) is 0.558. The number of hydrogen-bond donors (Lipinski definition) is 1. The lowest BCUT2D eigenvalue weighted by Gasteiger charge is -2.21. The number of amides is 2. The van der Waals surface area contributed by atoms with Gasteiger partial charge in [-0.05, 0) is 31.6 Å². The molecule has 2 aromatic rings. The van der Waals surface area contributed by atoms with Gasteiger partial charge < -0.3 is 4.74 Å². The standard InChI is InChI=1S/C17H18FN3O4/c1-3-25-9-8-10-11(18)4-5-12-15(10)20(2)17(24)21(12)13-6-7-14(22)19-16(13)23/h4-5,8-9,13H,3,6-7H2,1-2H3,(H,19,22,23)/b9-8+. The Hall–Kier alpha value is -2.90. The Kier molecular flexibility index (Phi) is 4.43. The summed E-state index contributed by atoms with van der Waals surface area (Å²) >= 11 is 0. The first-order valence-corrected chi connectivity index (χ1v) is 7.97. The molecule has 1 unspecified atom stereocenters. The molecule has 0 saturated carbocycles. The summed E-state index contributed by atoms with van der Waals surface area (Å²) in [7, 11) is 1.52. The van der Waals surface area contributed by atoms with E-state index in [1.165, 1.54) is 40.7 Å². The van der Waals surface area contributed by atoms with Gasteiger partial charge >= 0.3 is 5.69 Å². The molecule has 1 aromatic heterocycles. The van der Waals surface area contributed by atoms with Crippen LogP contribution < -0.4 is 11.0 Å². The molecule has 1 aliphatic rings. The minimum atomic E-state index is -0.803. The summed E-state index contributed by atoms with van der Waals surface area (Å²) in [5.74, 6) is -1.39. The summed E-state index contributed by atoms with van der Waals surface area (Å²) in [4.78, 5) is 36.2. The molecule has 0 spiro atoms. The minimum absolute atomic E-state index is 0.150. The van der Waals surface area contributed by atoms with Crippen LogP contribution in [-0.4, -0.2) is 27.6 Å². The SMILES string of the molecule is CCO/C=C/c1c(F)ccc2c1n(C)c(=O)n2C1CCC(=O)NC1=O. The van der Waals surface area contributed by atoms with Crippen molar-refractivity contribution in [2.24, 2.45) is 7.05 Å². The second-order valence-electron chi connectivity index (χ2n) is 5.77. The molecule has 1 aliphatic heterocycles. The molecule has 7 nitrogen and oxygen atoms in total. The van der Waals surface area contributed by atoms with Gasteiger partial charge in [0.25, 0.3) is 0 Å². The highest BCUT2D eigenvalue weighted by atomic mass is 19.1. The number of carbonyl (C=O) groups is 2. The number of nitrogens with zero attached hydrogens (tertiary/aromatic N) is 2. The highest BCUT2D eigenvalue weighted by molar-refractivity contribution is 6.00. The second-order valence-corrected chi connectivity index (χ2v) is 5.77. The summed E-state index contributed by atoms with van der Waals surface area (Å²) in [6.07, 6.45) is 3.20. The highest BCUT2D eigenvalue weighted by Gasteiger charge is 2.31. The van der Waals surface area contributed by atoms with Crippen molar-refractivity contribution in [3.63, 3.8) is 0 Å². The van der Waals surface area contributed by atoms with Crippen LogP contribution in [0.15, 0.2) is 23.2 Å². The van der Waals surface area contributed by atoms with E-state index in [4.69, 9.17) is 4.74 Å². The van der Waals surface area contributed by atoms with E-state index in [1.54, 1.807) is 6.92 Å². The average molecular weight is 347 g/mol. The van der Waals surface area contributed by atoms with Crippen molar-refractivity contribution in [3.05, 3.63) is 40.3 Å². The van der Waals surface area contributed by atoms with Crippen molar-refractivity contribution in [2.45, 2.75) is 25.8 Å². The lowest BCUT2D eigenvalue weighted by Crippen LogP contribution is -2.44. The molecule has 25 heavy (non-hydrogen) atoms. The number of nitrogens with one attached hydrogen (secondary N) is 1. The van der Waals surface area contributed by atoms with Crippen molar-refractivity contribution >= 4 is 28.9 Å². The van der Waals surface area contributed by atoms with Gasteiger partial charge in [0.15, 0.2) is 0 Å². The summed E-state index contributed by atoms with van der Waals surface area (Å²) in [6, 6.07) is 1.91. The van der Waals surface area contributed by atoms with E-state index in [-0.39, 0.29) is 24.3 Å². The number of halogens is 1. The quantitative estimate of drug-likeness (QED) is 0.671. The molecule has 3 rings (SSSR count). The van der Waals surface area contributed by atoms with Gasteiger partial charge in [-0.3, -0.25) is 24.0 Å². The molecule has 1 N–H and O–H groups in total. The number of hydrogen-bond acceptors (Lipinski definition) is 4. The van der Waals surface area contributed by atoms with Crippen LogP contribution in [0.2, 0.25) is 0 Å². The Morgan fingerprint density at radius 3 is 2.80 bits per heavy atom. The van der Waals surface area contributed by atoms with Crippen LogP contribution in [0.3, 0.4) is 0 Å². The molecule has 2 heterocycles. The number of piperidine rings is 1. The molecular formula is C17H18FN3O4. The molecule has 8 heteroatoms. The topological polar surface area (TPSA) is 82.3 Å². The third-order valence-corrected chi connectivity index (χ3v) is 4.25. The normalized spacial score (nSPS) is 18.1. The molecule has 1 aromatic carbocycles. The van der Waals surface area contributed by atoms with Gasteiger partial charge in [0, 0.05) is 19.0 Å². The smallest absolute Gasteiger partial charge is 0.329 e. The number of aromatic nitrogens is 2. The molecule has 1 fully saturated rings. The van der Waals surface area contributed by atoms with Gasteiger partial charge in [0.2, 0.25) is 11.8 Å². The highest BCUT2D eigenvalue weighted by Crippen LogP contribution is 2.27. The number of benzene rings is 1. The van der Waals surface area contributed by atoms with Crippen molar-refractivity contribution in [1.82, 2.24) is 14.5 Å². The van der Waals surface area contributed by atoms with Crippen LogP contribution in [0.5, 0.6) is 0 Å². The molecule has 2 amide bonds. The first kappa shape index (κ1) is 16.9. The van der Waals surface area contributed by atoms with Gasteiger partial charge in [-0.1, -0.05) is 0 Å². The van der Waals surface area contributed by atoms with Gasteiger partial charge in [0.05, 0.1) is 23.9 Å². The fraction of sp³-hybridized carbons (Fsp3) is 0.353. The van der Waals surface area contributed by atoms with Gasteiger partial charge in [0.1, 0.15) is 11.9 Å². The Morgan fingerprint density at radius 2 is 2.12 bits per heavy atom. The predicted octanol–water partition coefficient (Wildman–Crippen LogP) is 1.46. The summed E-state index contributed by atoms with van der Waals surface area (Å²) in [5, 5.41) is 2.24. The van der Waals surface area contributed by atoms with E-state index in [1.807, 2.05) is 0 Å². The van der Waals surface area contributed by atoms with E-state index in [2.05, 4.69) is 5.32 Å². The zero-order valence-corrected chi connectivity index (χ0v) is 13.9. The molecule has 1 atom stereocenters. The Balaban J connectivity index is 2.20. The van der Waals surface area contributed by atoms with Crippen LogP contribution >= 0.6 is 0 Å². The summed E-state index contributed by atoms with van der Waals surface area (Å²) < 4.78 is 22.0. The predicted molar refractivity (Wildman–Crippen MR) is 89.2 cm³/mol. The number of fused-ring (bicyclic) bond motifs is 1. The van der Waals surface area contributed by atoms with E-state index in [9.17, 15) is 18.8 Å². The lowest BCUT2D eigenvalue weighted by atomic mass is 10.1. The molecule has 0 bridgehead atoms. The fourth-order valence-corrected chi connectivity index (χ4v) is 3.08. The number of imidazole rings is 1. The second kappa shape index (κ2) is 6.54. The third-order valence-electron chi connectivity index (χ3n) is 4.25.